The predicted molar refractivity (Wildman–Crippen MR) is 89.8 cm³/mol. The van der Waals surface area contributed by atoms with Crippen molar-refractivity contribution < 1.29 is 19.4 Å². The second-order valence-corrected chi connectivity index (χ2v) is 12.4. The first kappa shape index (κ1) is 18.2. The summed E-state index contributed by atoms with van der Waals surface area (Å²) >= 11 is 0. The Hall–Kier alpha value is -2.13. The van der Waals surface area contributed by atoms with Gasteiger partial charge in [-0.15, -0.1) is 10.2 Å². The quantitative estimate of drug-likeness (QED) is 0.461. The number of esters is 1. The maximum Gasteiger partial charge on any atom is 0.337 e. The van der Waals surface area contributed by atoms with Crippen molar-refractivity contribution in [3.63, 3.8) is 0 Å². The van der Waals surface area contributed by atoms with Gasteiger partial charge < -0.3 is 14.6 Å². The summed E-state index contributed by atoms with van der Waals surface area (Å²) in [5, 5.41) is 25.2. The third-order valence-corrected chi connectivity index (χ3v) is 5.27. The molecule has 1 aromatic rings. The molecule has 8 nitrogen and oxygen atoms in total. The first-order valence-corrected chi connectivity index (χ1v) is 11.3. The molecule has 0 spiro atoms. The van der Waals surface area contributed by atoms with Crippen molar-refractivity contribution in [1.29, 1.82) is 0 Å². The van der Waals surface area contributed by atoms with Crippen LogP contribution in [-0.2, 0) is 15.1 Å². The van der Waals surface area contributed by atoms with E-state index in [1.165, 1.54) is 19.2 Å². The van der Waals surface area contributed by atoms with Crippen LogP contribution in [0.15, 0.2) is 38.9 Å². The first-order chi connectivity index (χ1) is 11.3. The molecule has 9 heteroatoms. The Balaban J connectivity index is 2.21. The lowest BCUT2D eigenvalue weighted by Crippen LogP contribution is -2.28. The number of benzene rings is 1. The number of aromatic hydroxyl groups is 1. The van der Waals surface area contributed by atoms with E-state index in [1.54, 1.807) is 6.07 Å². The number of ether oxygens (including phenoxy) is 2. The van der Waals surface area contributed by atoms with E-state index >= 15 is 0 Å². The fourth-order valence-corrected chi connectivity index (χ4v) is 2.89. The molecule has 0 aromatic heterocycles. The third kappa shape index (κ3) is 4.45. The van der Waals surface area contributed by atoms with Crippen LogP contribution in [0.3, 0.4) is 0 Å². The van der Waals surface area contributed by atoms with Crippen molar-refractivity contribution >= 4 is 14.0 Å². The Morgan fingerprint density at radius 2 is 1.88 bits per heavy atom. The molecule has 0 atom stereocenters. The minimum absolute atomic E-state index is 0.0910. The number of methoxy groups -OCH3 is 1. The maximum absolute atomic E-state index is 11.7. The van der Waals surface area contributed by atoms with Crippen LogP contribution in [0.2, 0.25) is 25.7 Å². The second-order valence-electron chi connectivity index (χ2n) is 6.82. The van der Waals surface area contributed by atoms with Crippen molar-refractivity contribution in [2.45, 2.75) is 31.3 Å². The van der Waals surface area contributed by atoms with Gasteiger partial charge in [0.05, 0.1) is 12.7 Å². The fourth-order valence-electron chi connectivity index (χ4n) is 2.14. The Kier molecular flexibility index (Phi) is 5.45. The topological polar surface area (TPSA) is 105 Å². The van der Waals surface area contributed by atoms with Gasteiger partial charge in [0, 0.05) is 20.2 Å². The Bertz CT molecular complexity index is 658. The molecule has 1 aliphatic rings. The summed E-state index contributed by atoms with van der Waals surface area (Å²) < 4.78 is 10.4. The van der Waals surface area contributed by atoms with Gasteiger partial charge in [0.2, 0.25) is 5.66 Å². The average Bonchev–Trinajstić information content (AvgIpc) is 2.99. The number of hydrogen-bond acceptors (Lipinski definition) is 8. The number of rotatable bonds is 7. The summed E-state index contributed by atoms with van der Waals surface area (Å²) in [6.07, 6.45) is 0. The SMILES string of the molecule is COC(=O)c1cc(O)cc(C2(COCC[Si](C)(C)C)N=NN=N2)c1. The number of carbonyl (C=O) groups excluding carboxylic acids is 1. The molecule has 1 N–H and O–H groups in total. The monoisotopic (exact) mass is 350 g/mol. The van der Waals surface area contributed by atoms with Gasteiger partial charge in [-0.3, -0.25) is 0 Å². The van der Waals surface area contributed by atoms with E-state index in [0.29, 0.717) is 12.2 Å². The zero-order chi connectivity index (χ0) is 17.8. The molecule has 24 heavy (non-hydrogen) atoms. The highest BCUT2D eigenvalue weighted by Gasteiger charge is 2.37. The zero-order valence-electron chi connectivity index (χ0n) is 14.3. The smallest absolute Gasteiger partial charge is 0.337 e. The lowest BCUT2D eigenvalue weighted by atomic mass is 9.99. The third-order valence-electron chi connectivity index (χ3n) is 3.56. The van der Waals surface area contributed by atoms with Crippen LogP contribution in [-0.4, -0.2) is 39.5 Å². The van der Waals surface area contributed by atoms with Gasteiger partial charge in [0.1, 0.15) is 12.4 Å². The minimum Gasteiger partial charge on any atom is -0.508 e. The minimum atomic E-state index is -1.21. The normalized spacial score (nSPS) is 15.7. The predicted octanol–water partition coefficient (Wildman–Crippen LogP) is 3.52. The number of nitrogens with zero attached hydrogens (tertiary/aromatic N) is 4. The van der Waals surface area contributed by atoms with Crippen LogP contribution in [0, 0.1) is 0 Å². The van der Waals surface area contributed by atoms with Crippen LogP contribution >= 0.6 is 0 Å². The standard InChI is InChI=1S/C15H22N4O4Si/c1-22-14(21)11-7-12(9-13(20)8-11)15(16-18-19-17-15)10-23-5-6-24(2,3)4/h7-9,20H,5-6,10H2,1-4H3. The van der Waals surface area contributed by atoms with Crippen LogP contribution < -0.4 is 0 Å². The molecule has 0 saturated carbocycles. The molecular weight excluding hydrogens is 328 g/mol. The number of hydrogen-bond donors (Lipinski definition) is 1. The number of carbonyl (C=O) groups is 1. The van der Waals surface area contributed by atoms with E-state index in [1.807, 2.05) is 0 Å². The molecule has 130 valence electrons. The first-order valence-electron chi connectivity index (χ1n) is 7.60. The molecule has 1 aliphatic heterocycles. The molecular formula is C15H22N4O4Si. The van der Waals surface area contributed by atoms with Crippen LogP contribution in [0.4, 0.5) is 0 Å². The molecule has 0 fully saturated rings. The summed E-state index contributed by atoms with van der Waals surface area (Å²) in [5.41, 5.74) is -0.506. The highest BCUT2D eigenvalue weighted by atomic mass is 28.3. The van der Waals surface area contributed by atoms with Crippen LogP contribution in [0.5, 0.6) is 5.75 Å². The van der Waals surface area contributed by atoms with Crippen LogP contribution in [0.25, 0.3) is 0 Å². The number of phenols is 1. The van der Waals surface area contributed by atoms with Crippen molar-refractivity contribution in [3.05, 3.63) is 29.3 Å². The van der Waals surface area contributed by atoms with E-state index in [4.69, 9.17) is 9.47 Å². The lowest BCUT2D eigenvalue weighted by Gasteiger charge is -2.22. The van der Waals surface area contributed by atoms with Gasteiger partial charge in [-0.1, -0.05) is 19.6 Å². The van der Waals surface area contributed by atoms with Crippen molar-refractivity contribution in [3.8, 4) is 5.75 Å². The van der Waals surface area contributed by atoms with Gasteiger partial charge in [-0.2, -0.15) is 0 Å². The molecule has 1 aromatic carbocycles. The molecule has 0 bridgehead atoms. The lowest BCUT2D eigenvalue weighted by molar-refractivity contribution is 0.0599. The van der Waals surface area contributed by atoms with Crippen LogP contribution in [0.1, 0.15) is 15.9 Å². The average molecular weight is 350 g/mol. The van der Waals surface area contributed by atoms with Gasteiger partial charge in [0.25, 0.3) is 0 Å². The van der Waals surface area contributed by atoms with E-state index in [-0.39, 0.29) is 17.9 Å². The zero-order valence-corrected chi connectivity index (χ0v) is 15.3. The summed E-state index contributed by atoms with van der Waals surface area (Å²) in [7, 11) is 0.0645. The highest BCUT2D eigenvalue weighted by Crippen LogP contribution is 2.35. The van der Waals surface area contributed by atoms with Gasteiger partial charge in [0.15, 0.2) is 0 Å². The van der Waals surface area contributed by atoms with E-state index in [0.717, 1.165) is 6.04 Å². The molecule has 0 saturated heterocycles. The molecule has 0 aliphatic carbocycles. The van der Waals surface area contributed by atoms with E-state index in [9.17, 15) is 9.90 Å². The maximum atomic E-state index is 11.7. The largest absolute Gasteiger partial charge is 0.508 e. The molecule has 0 amide bonds. The molecule has 2 rings (SSSR count). The Morgan fingerprint density at radius 1 is 1.21 bits per heavy atom. The van der Waals surface area contributed by atoms with Crippen molar-refractivity contribution in [2.24, 2.45) is 20.7 Å². The molecule has 0 unspecified atom stereocenters. The Labute approximate surface area is 141 Å². The van der Waals surface area contributed by atoms with Gasteiger partial charge >= 0.3 is 5.97 Å². The van der Waals surface area contributed by atoms with Gasteiger partial charge in [-0.05, 0) is 34.7 Å². The fraction of sp³-hybridized carbons (Fsp3) is 0.533. The summed E-state index contributed by atoms with van der Waals surface area (Å²) in [5.74, 6) is -0.652. The van der Waals surface area contributed by atoms with E-state index in [2.05, 4.69) is 40.3 Å². The molecule has 0 radical (unpaired) electrons. The van der Waals surface area contributed by atoms with E-state index < -0.39 is 19.7 Å². The Morgan fingerprint density at radius 3 is 2.46 bits per heavy atom. The summed E-state index contributed by atoms with van der Waals surface area (Å²) in [6.45, 7) is 7.51. The molecule has 1 heterocycles. The summed E-state index contributed by atoms with van der Waals surface area (Å²) in [6, 6.07) is 5.34. The summed E-state index contributed by atoms with van der Waals surface area (Å²) in [4.78, 5) is 11.7. The second kappa shape index (κ2) is 7.18. The van der Waals surface area contributed by atoms with Crippen molar-refractivity contribution in [1.82, 2.24) is 0 Å². The van der Waals surface area contributed by atoms with Crippen molar-refractivity contribution in [2.75, 3.05) is 20.3 Å². The highest BCUT2D eigenvalue weighted by molar-refractivity contribution is 6.76. The van der Waals surface area contributed by atoms with Gasteiger partial charge in [-0.25, -0.2) is 4.79 Å². The number of phenolic OH excluding ortho intramolecular Hbond substituents is 1.